The molecule has 2 saturated heterocycles. The summed E-state index contributed by atoms with van der Waals surface area (Å²) in [4.78, 5) is 16.8. The molecule has 2 aromatic carbocycles. The Balaban J connectivity index is 1.14. The lowest BCUT2D eigenvalue weighted by atomic mass is 10.2. The van der Waals surface area contributed by atoms with E-state index in [0.717, 1.165) is 92.2 Å². The fraction of sp³-hybridized carbons (Fsp3) is 0.407. The molecule has 0 bridgehead atoms. The Labute approximate surface area is 226 Å². The Morgan fingerprint density at radius 2 is 1.61 bits per heavy atom. The third-order valence-corrected chi connectivity index (χ3v) is 7.60. The quantitative estimate of drug-likeness (QED) is 0.334. The van der Waals surface area contributed by atoms with Crippen molar-refractivity contribution in [2.75, 3.05) is 77.6 Å². The second-order valence-corrected chi connectivity index (χ2v) is 10.4. The molecule has 6 rings (SSSR count). The van der Waals surface area contributed by atoms with Crippen LogP contribution in [-0.2, 0) is 4.74 Å². The Morgan fingerprint density at radius 3 is 2.37 bits per heavy atom. The van der Waals surface area contributed by atoms with Crippen molar-refractivity contribution in [1.82, 2.24) is 30.0 Å². The maximum absolute atomic E-state index is 6.03. The van der Waals surface area contributed by atoms with Gasteiger partial charge in [-0.15, -0.1) is 10.2 Å². The molecule has 0 radical (unpaired) electrons. The number of rotatable bonds is 8. The molecule has 38 heavy (non-hydrogen) atoms. The average molecular weight is 534 g/mol. The van der Waals surface area contributed by atoms with Crippen LogP contribution in [0.2, 0.25) is 0 Å². The van der Waals surface area contributed by atoms with Crippen LogP contribution in [0.3, 0.4) is 0 Å². The number of nitrogens with zero attached hydrogens (tertiary/aromatic N) is 7. The molecule has 0 aliphatic carbocycles. The fourth-order valence-electron chi connectivity index (χ4n) is 4.53. The number of anilines is 1. The van der Waals surface area contributed by atoms with E-state index in [2.05, 4.69) is 31.9 Å². The van der Waals surface area contributed by atoms with E-state index in [0.29, 0.717) is 17.7 Å². The van der Waals surface area contributed by atoms with Crippen molar-refractivity contribution in [3.8, 4) is 17.2 Å². The van der Waals surface area contributed by atoms with E-state index in [1.54, 1.807) is 0 Å². The second kappa shape index (κ2) is 11.6. The normalized spacial score (nSPS) is 17.2. The zero-order valence-electron chi connectivity index (χ0n) is 21.5. The van der Waals surface area contributed by atoms with Crippen LogP contribution in [0.15, 0.2) is 63.2 Å². The summed E-state index contributed by atoms with van der Waals surface area (Å²) < 4.78 is 17.3. The summed E-state index contributed by atoms with van der Waals surface area (Å²) in [5.74, 6) is 2.14. The largest absolute Gasteiger partial charge is 0.492 e. The Bertz CT molecular complexity index is 1350. The van der Waals surface area contributed by atoms with Gasteiger partial charge in [-0.1, -0.05) is 12.1 Å². The molecule has 10 nitrogen and oxygen atoms in total. The van der Waals surface area contributed by atoms with Crippen LogP contribution >= 0.6 is 11.8 Å². The van der Waals surface area contributed by atoms with E-state index < -0.39 is 0 Å². The highest BCUT2D eigenvalue weighted by Crippen LogP contribution is 2.35. The number of para-hydroxylation sites is 2. The van der Waals surface area contributed by atoms with E-state index in [-0.39, 0.29) is 0 Å². The maximum Gasteiger partial charge on any atom is 0.283 e. The summed E-state index contributed by atoms with van der Waals surface area (Å²) in [6.07, 6.45) is 0. The zero-order chi connectivity index (χ0) is 25.7. The van der Waals surface area contributed by atoms with Crippen molar-refractivity contribution < 1.29 is 13.9 Å². The minimum Gasteiger partial charge on any atom is -0.492 e. The zero-order valence-corrected chi connectivity index (χ0v) is 22.3. The van der Waals surface area contributed by atoms with Crippen LogP contribution in [0.4, 0.5) is 5.82 Å². The molecule has 4 aromatic rings. The van der Waals surface area contributed by atoms with E-state index in [9.17, 15) is 0 Å². The molecule has 4 heterocycles. The van der Waals surface area contributed by atoms with Gasteiger partial charge in [0.25, 0.3) is 5.22 Å². The van der Waals surface area contributed by atoms with Gasteiger partial charge in [-0.05, 0) is 55.2 Å². The summed E-state index contributed by atoms with van der Waals surface area (Å²) in [6, 6.07) is 15.7. The van der Waals surface area contributed by atoms with Crippen molar-refractivity contribution in [3.05, 3.63) is 48.5 Å². The Hall–Kier alpha value is -3.25. The van der Waals surface area contributed by atoms with Gasteiger partial charge < -0.3 is 23.7 Å². The number of hydrogen-bond acceptors (Lipinski definition) is 11. The van der Waals surface area contributed by atoms with Crippen molar-refractivity contribution >= 4 is 28.6 Å². The fourth-order valence-corrected chi connectivity index (χ4v) is 5.31. The second-order valence-electron chi connectivity index (χ2n) is 9.43. The van der Waals surface area contributed by atoms with Gasteiger partial charge in [-0.2, -0.15) is 0 Å². The predicted molar refractivity (Wildman–Crippen MR) is 146 cm³/mol. The number of ether oxygens (including phenoxy) is 2. The highest BCUT2D eigenvalue weighted by Gasteiger charge is 2.22. The predicted octanol–water partition coefficient (Wildman–Crippen LogP) is 3.29. The molecule has 11 heteroatoms. The van der Waals surface area contributed by atoms with Crippen molar-refractivity contribution in [3.63, 3.8) is 0 Å². The SMILES string of the molecule is CN1CCN(c2nc3ccccc3nc2Sc2nnc(-c3ccc(OCCN4CCOCC4)cc3)o2)CC1. The minimum absolute atomic E-state index is 0.436. The number of morpholine rings is 1. The summed E-state index contributed by atoms with van der Waals surface area (Å²) >= 11 is 1.36. The molecule has 198 valence electrons. The molecular formula is C27H31N7O3S. The van der Waals surface area contributed by atoms with Crippen molar-refractivity contribution in [1.29, 1.82) is 0 Å². The highest BCUT2D eigenvalue weighted by atomic mass is 32.2. The Kier molecular flexibility index (Phi) is 7.68. The van der Waals surface area contributed by atoms with Gasteiger partial charge in [0.2, 0.25) is 5.89 Å². The van der Waals surface area contributed by atoms with Gasteiger partial charge in [-0.25, -0.2) is 9.97 Å². The van der Waals surface area contributed by atoms with Crippen LogP contribution in [-0.4, -0.2) is 103 Å². The van der Waals surface area contributed by atoms with Gasteiger partial charge in [0.05, 0.1) is 24.2 Å². The molecule has 0 amide bonds. The topological polar surface area (TPSA) is 92.9 Å². The third-order valence-electron chi connectivity index (χ3n) is 6.80. The number of aromatic nitrogens is 4. The van der Waals surface area contributed by atoms with Crippen molar-refractivity contribution in [2.45, 2.75) is 10.2 Å². The third kappa shape index (κ3) is 5.91. The van der Waals surface area contributed by atoms with Gasteiger partial charge in [0, 0.05) is 51.4 Å². The van der Waals surface area contributed by atoms with Crippen molar-refractivity contribution in [2.24, 2.45) is 0 Å². The molecule has 2 aromatic heterocycles. The first-order valence-corrected chi connectivity index (χ1v) is 13.8. The summed E-state index contributed by atoms with van der Waals surface area (Å²) in [6.45, 7) is 8.80. The number of piperazine rings is 1. The van der Waals surface area contributed by atoms with Gasteiger partial charge in [0.1, 0.15) is 17.4 Å². The van der Waals surface area contributed by atoms with Gasteiger partial charge in [-0.3, -0.25) is 4.90 Å². The molecule has 0 N–H and O–H groups in total. The van der Waals surface area contributed by atoms with Crippen LogP contribution in [0.1, 0.15) is 0 Å². The van der Waals surface area contributed by atoms with E-state index in [1.807, 2.05) is 48.5 Å². The molecule has 2 fully saturated rings. The Morgan fingerprint density at radius 1 is 0.868 bits per heavy atom. The lowest BCUT2D eigenvalue weighted by molar-refractivity contribution is 0.0322. The first-order valence-electron chi connectivity index (χ1n) is 13.0. The van der Waals surface area contributed by atoms with E-state index in [1.165, 1.54) is 11.8 Å². The minimum atomic E-state index is 0.436. The van der Waals surface area contributed by atoms with Gasteiger partial charge in [0.15, 0.2) is 5.82 Å². The summed E-state index contributed by atoms with van der Waals surface area (Å²) in [7, 11) is 2.14. The molecule has 2 aliphatic rings. The van der Waals surface area contributed by atoms with E-state index in [4.69, 9.17) is 23.9 Å². The molecule has 0 unspecified atom stereocenters. The number of fused-ring (bicyclic) bond motifs is 1. The first-order chi connectivity index (χ1) is 18.7. The van der Waals surface area contributed by atoms with Crippen LogP contribution in [0, 0.1) is 0 Å². The summed E-state index contributed by atoms with van der Waals surface area (Å²) in [5.41, 5.74) is 2.56. The standard InChI is InChI=1S/C27H31N7O3S/c1-32-10-12-34(13-11-32)24-26(29-23-5-3-2-4-22(23)28-24)38-27-31-30-25(37-27)20-6-8-21(9-7-20)36-19-16-33-14-17-35-18-15-33/h2-9H,10-19H2,1H3. The lowest BCUT2D eigenvalue weighted by Gasteiger charge is -2.33. The first kappa shape index (κ1) is 25.1. The highest BCUT2D eigenvalue weighted by molar-refractivity contribution is 7.99. The summed E-state index contributed by atoms with van der Waals surface area (Å²) in [5, 5.41) is 9.79. The maximum atomic E-state index is 6.03. The monoisotopic (exact) mass is 533 g/mol. The lowest BCUT2D eigenvalue weighted by Crippen LogP contribution is -2.45. The number of benzene rings is 2. The van der Waals surface area contributed by atoms with Gasteiger partial charge >= 0.3 is 0 Å². The number of hydrogen-bond donors (Lipinski definition) is 0. The van der Waals surface area contributed by atoms with Crippen LogP contribution < -0.4 is 9.64 Å². The average Bonchev–Trinajstić information content (AvgIpc) is 3.43. The number of likely N-dealkylation sites (N-methyl/N-ethyl adjacent to an activating group) is 1. The smallest absolute Gasteiger partial charge is 0.283 e. The molecule has 0 saturated carbocycles. The molecule has 2 aliphatic heterocycles. The molecule has 0 spiro atoms. The van der Waals surface area contributed by atoms with Crippen LogP contribution in [0.25, 0.3) is 22.5 Å². The van der Waals surface area contributed by atoms with Crippen LogP contribution in [0.5, 0.6) is 5.75 Å². The van der Waals surface area contributed by atoms with E-state index >= 15 is 0 Å². The molecule has 0 atom stereocenters. The molecular weight excluding hydrogens is 502 g/mol.